The van der Waals surface area contributed by atoms with Gasteiger partial charge in [-0.1, -0.05) is 37.8 Å². The van der Waals surface area contributed by atoms with Crippen LogP contribution in [0.4, 0.5) is 5.69 Å². The van der Waals surface area contributed by atoms with Gasteiger partial charge in [0.2, 0.25) is 0 Å². The molecule has 0 fully saturated rings. The van der Waals surface area contributed by atoms with E-state index in [1.807, 2.05) is 0 Å². The lowest BCUT2D eigenvalue weighted by Crippen LogP contribution is -2.01. The highest BCUT2D eigenvalue weighted by molar-refractivity contribution is 7.11. The number of benzene rings is 1. The van der Waals surface area contributed by atoms with Crippen LogP contribution < -0.4 is 5.32 Å². The molecule has 2 heteroatoms. The number of hydrogen-bond acceptors (Lipinski definition) is 2. The van der Waals surface area contributed by atoms with Crippen LogP contribution in [0.25, 0.3) is 5.57 Å². The molecule has 0 saturated carbocycles. The highest BCUT2D eigenvalue weighted by atomic mass is 32.1. The molecule has 1 aromatic heterocycles. The minimum atomic E-state index is 0.863. The molecule has 1 N–H and O–H groups in total. The van der Waals surface area contributed by atoms with Crippen LogP contribution in [0, 0.1) is 6.92 Å². The van der Waals surface area contributed by atoms with Crippen molar-refractivity contribution in [2.75, 3.05) is 5.32 Å². The zero-order valence-corrected chi connectivity index (χ0v) is 12.7. The van der Waals surface area contributed by atoms with Crippen LogP contribution in [-0.2, 0) is 13.0 Å². The predicted molar refractivity (Wildman–Crippen MR) is 86.9 cm³/mol. The minimum absolute atomic E-state index is 0.863. The number of nitrogens with one attached hydrogen (secondary N) is 1. The second-order valence-corrected chi connectivity index (χ2v) is 5.81. The highest BCUT2D eigenvalue weighted by Crippen LogP contribution is 2.32. The van der Waals surface area contributed by atoms with Crippen molar-refractivity contribution in [3.63, 3.8) is 0 Å². The van der Waals surface area contributed by atoms with Crippen molar-refractivity contribution in [1.82, 2.24) is 0 Å². The second kappa shape index (κ2) is 6.07. The van der Waals surface area contributed by atoms with Crippen molar-refractivity contribution >= 4 is 22.6 Å². The highest BCUT2D eigenvalue weighted by Gasteiger charge is 2.08. The molecule has 0 aliphatic heterocycles. The van der Waals surface area contributed by atoms with E-state index in [2.05, 4.69) is 62.3 Å². The van der Waals surface area contributed by atoms with Crippen LogP contribution in [0.15, 0.2) is 36.2 Å². The Balaban J connectivity index is 2.09. The van der Waals surface area contributed by atoms with E-state index >= 15 is 0 Å². The Kier molecular flexibility index (Phi) is 4.43. The van der Waals surface area contributed by atoms with Crippen molar-refractivity contribution in [3.05, 3.63) is 57.8 Å². The van der Waals surface area contributed by atoms with Crippen LogP contribution in [0.5, 0.6) is 0 Å². The molecule has 0 aliphatic carbocycles. The lowest BCUT2D eigenvalue weighted by atomic mass is 10.1. The van der Waals surface area contributed by atoms with Crippen molar-refractivity contribution in [3.8, 4) is 0 Å². The quantitative estimate of drug-likeness (QED) is 0.781. The third kappa shape index (κ3) is 3.27. The summed E-state index contributed by atoms with van der Waals surface area (Å²) in [5.74, 6) is 0. The Bertz CT molecular complexity index is 563. The molecule has 19 heavy (non-hydrogen) atoms. The normalized spacial score (nSPS) is 10.5. The van der Waals surface area contributed by atoms with Gasteiger partial charge in [0.15, 0.2) is 0 Å². The molecule has 2 rings (SSSR count). The lowest BCUT2D eigenvalue weighted by Gasteiger charge is -2.10. The van der Waals surface area contributed by atoms with Crippen LogP contribution in [0.3, 0.4) is 0 Å². The van der Waals surface area contributed by atoms with Gasteiger partial charge in [0.05, 0.1) is 10.6 Å². The zero-order chi connectivity index (χ0) is 13.8. The summed E-state index contributed by atoms with van der Waals surface area (Å²) in [6.07, 6.45) is 1.09. The molecule has 0 bridgehead atoms. The van der Waals surface area contributed by atoms with Gasteiger partial charge in [-0.15, -0.1) is 11.3 Å². The summed E-state index contributed by atoms with van der Waals surface area (Å²) in [4.78, 5) is 1.27. The van der Waals surface area contributed by atoms with Crippen LogP contribution in [0.1, 0.15) is 35.4 Å². The Morgan fingerprint density at radius 2 is 1.84 bits per heavy atom. The summed E-state index contributed by atoms with van der Waals surface area (Å²) in [6.45, 7) is 11.3. The van der Waals surface area contributed by atoms with Gasteiger partial charge in [0, 0.05) is 6.54 Å². The summed E-state index contributed by atoms with van der Waals surface area (Å²) in [5, 5.41) is 5.73. The topological polar surface area (TPSA) is 12.0 Å². The molecule has 0 aliphatic rings. The van der Waals surface area contributed by atoms with Gasteiger partial charge in [0.1, 0.15) is 0 Å². The largest absolute Gasteiger partial charge is 0.380 e. The van der Waals surface area contributed by atoms with E-state index in [1.54, 1.807) is 11.3 Å². The summed E-state index contributed by atoms with van der Waals surface area (Å²) < 4.78 is 0. The lowest BCUT2D eigenvalue weighted by molar-refractivity contribution is 1.10. The van der Waals surface area contributed by atoms with E-state index in [0.29, 0.717) is 0 Å². The Morgan fingerprint density at radius 3 is 2.42 bits per heavy atom. The standard InChI is InChI=1S/C17H21NS/c1-5-14-6-8-15(9-7-14)10-18-16-13(4)11-19-17(16)12(2)3/h6-9,11,18H,2,5,10H2,1,3-4H3. The molecular formula is C17H21NS. The molecular weight excluding hydrogens is 250 g/mol. The molecule has 100 valence electrons. The molecule has 0 amide bonds. The zero-order valence-electron chi connectivity index (χ0n) is 11.9. The van der Waals surface area contributed by atoms with Gasteiger partial charge >= 0.3 is 0 Å². The fourth-order valence-electron chi connectivity index (χ4n) is 2.06. The summed E-state index contributed by atoms with van der Waals surface area (Å²) in [6, 6.07) is 8.82. The van der Waals surface area contributed by atoms with E-state index in [4.69, 9.17) is 0 Å². The number of hydrogen-bond donors (Lipinski definition) is 1. The smallest absolute Gasteiger partial charge is 0.0558 e. The van der Waals surface area contributed by atoms with Gasteiger partial charge in [-0.2, -0.15) is 0 Å². The van der Waals surface area contributed by atoms with E-state index in [-0.39, 0.29) is 0 Å². The molecule has 0 saturated heterocycles. The Morgan fingerprint density at radius 1 is 1.21 bits per heavy atom. The predicted octanol–water partition coefficient (Wildman–Crippen LogP) is 5.26. The van der Waals surface area contributed by atoms with Crippen LogP contribution in [0.2, 0.25) is 0 Å². The van der Waals surface area contributed by atoms with E-state index < -0.39 is 0 Å². The maximum atomic E-state index is 4.05. The molecule has 2 aromatic rings. The molecule has 0 unspecified atom stereocenters. The number of anilines is 1. The fraction of sp³-hybridized carbons (Fsp3) is 0.294. The first-order chi connectivity index (χ1) is 9.11. The first-order valence-corrected chi connectivity index (χ1v) is 7.55. The van der Waals surface area contributed by atoms with Crippen molar-refractivity contribution < 1.29 is 0 Å². The average Bonchev–Trinajstić information content (AvgIpc) is 2.78. The van der Waals surface area contributed by atoms with Gasteiger partial charge in [-0.3, -0.25) is 0 Å². The van der Waals surface area contributed by atoms with Gasteiger partial charge in [-0.05, 0) is 47.9 Å². The number of allylic oxidation sites excluding steroid dienone is 1. The van der Waals surface area contributed by atoms with Crippen molar-refractivity contribution in [2.24, 2.45) is 0 Å². The summed E-state index contributed by atoms with van der Waals surface area (Å²) >= 11 is 1.76. The van der Waals surface area contributed by atoms with Crippen LogP contribution >= 0.6 is 11.3 Å². The number of aryl methyl sites for hydroxylation is 2. The molecule has 1 aromatic carbocycles. The van der Waals surface area contributed by atoms with E-state index in [9.17, 15) is 0 Å². The number of rotatable bonds is 5. The molecule has 0 atom stereocenters. The second-order valence-electron chi connectivity index (χ2n) is 4.93. The third-order valence-corrected chi connectivity index (χ3v) is 4.52. The first kappa shape index (κ1) is 13.9. The maximum absolute atomic E-state index is 4.05. The van der Waals surface area contributed by atoms with Crippen molar-refractivity contribution in [1.29, 1.82) is 0 Å². The van der Waals surface area contributed by atoms with Crippen molar-refractivity contribution in [2.45, 2.75) is 33.7 Å². The van der Waals surface area contributed by atoms with Gasteiger partial charge < -0.3 is 5.32 Å². The van der Waals surface area contributed by atoms with E-state index in [1.165, 1.54) is 27.3 Å². The maximum Gasteiger partial charge on any atom is 0.0558 e. The van der Waals surface area contributed by atoms with Gasteiger partial charge in [-0.25, -0.2) is 0 Å². The fourth-order valence-corrected chi connectivity index (χ4v) is 3.03. The molecule has 0 spiro atoms. The Labute approximate surface area is 120 Å². The van der Waals surface area contributed by atoms with E-state index in [0.717, 1.165) is 18.5 Å². The number of thiophene rings is 1. The third-order valence-electron chi connectivity index (χ3n) is 3.26. The van der Waals surface area contributed by atoms with Gasteiger partial charge in [0.25, 0.3) is 0 Å². The Hall–Kier alpha value is -1.54. The molecule has 1 heterocycles. The van der Waals surface area contributed by atoms with Crippen LogP contribution in [-0.4, -0.2) is 0 Å². The minimum Gasteiger partial charge on any atom is -0.380 e. The first-order valence-electron chi connectivity index (χ1n) is 6.67. The average molecular weight is 271 g/mol. The molecule has 0 radical (unpaired) electrons. The monoisotopic (exact) mass is 271 g/mol. The summed E-state index contributed by atoms with van der Waals surface area (Å²) in [7, 11) is 0. The molecule has 1 nitrogen and oxygen atoms in total. The summed E-state index contributed by atoms with van der Waals surface area (Å²) in [5.41, 5.74) is 6.36. The SMILES string of the molecule is C=C(C)c1scc(C)c1NCc1ccc(CC)cc1.